The van der Waals surface area contributed by atoms with Gasteiger partial charge in [0, 0.05) is 18.7 Å². The van der Waals surface area contributed by atoms with Gasteiger partial charge in [0.1, 0.15) is 23.0 Å². The van der Waals surface area contributed by atoms with Gasteiger partial charge in [-0.2, -0.15) is 4.31 Å². The highest BCUT2D eigenvalue weighted by Gasteiger charge is 2.35. The third-order valence-electron chi connectivity index (χ3n) is 3.38. The Kier molecular flexibility index (Phi) is 4.03. The second-order valence-electron chi connectivity index (χ2n) is 5.40. The molecule has 0 bridgehead atoms. The van der Waals surface area contributed by atoms with Gasteiger partial charge in [0.15, 0.2) is 0 Å². The summed E-state index contributed by atoms with van der Waals surface area (Å²) in [6, 6.07) is 1.34. The zero-order chi connectivity index (χ0) is 14.2. The summed E-state index contributed by atoms with van der Waals surface area (Å²) in [5, 5.41) is 9.04. The van der Waals surface area contributed by atoms with Gasteiger partial charge in [0.05, 0.1) is 0 Å². The van der Waals surface area contributed by atoms with Crippen LogP contribution in [-0.4, -0.2) is 30.4 Å². The standard InChI is InChI=1S/C13H21NO4S/c1-9(2)14(7-11-4-5-11)19(16,17)13-6-12(8-15)18-10(13)3/h6,9,11,15H,4-5,7-8H2,1-3H3. The lowest BCUT2D eigenvalue weighted by molar-refractivity contribution is 0.244. The van der Waals surface area contributed by atoms with Crippen LogP contribution in [0, 0.1) is 12.8 Å². The summed E-state index contributed by atoms with van der Waals surface area (Å²) in [5.74, 6) is 1.11. The Morgan fingerprint density at radius 2 is 2.11 bits per heavy atom. The summed E-state index contributed by atoms with van der Waals surface area (Å²) in [5.41, 5.74) is 0. The summed E-state index contributed by atoms with van der Waals surface area (Å²) >= 11 is 0. The summed E-state index contributed by atoms with van der Waals surface area (Å²) < 4.78 is 32.1. The zero-order valence-corrected chi connectivity index (χ0v) is 12.4. The van der Waals surface area contributed by atoms with Crippen molar-refractivity contribution < 1.29 is 17.9 Å². The van der Waals surface area contributed by atoms with Crippen LogP contribution >= 0.6 is 0 Å². The van der Waals surface area contributed by atoms with E-state index >= 15 is 0 Å². The van der Waals surface area contributed by atoms with Crippen LogP contribution < -0.4 is 0 Å². The Morgan fingerprint density at radius 3 is 2.53 bits per heavy atom. The molecule has 0 saturated heterocycles. The molecule has 0 aromatic carbocycles. The number of aliphatic hydroxyl groups excluding tert-OH is 1. The third-order valence-corrected chi connectivity index (χ3v) is 5.53. The highest BCUT2D eigenvalue weighted by Crippen LogP contribution is 2.33. The van der Waals surface area contributed by atoms with Crippen molar-refractivity contribution in [2.24, 2.45) is 5.92 Å². The molecule has 1 aliphatic rings. The molecule has 0 unspecified atom stereocenters. The van der Waals surface area contributed by atoms with Gasteiger partial charge in [-0.15, -0.1) is 0 Å². The van der Waals surface area contributed by atoms with E-state index in [4.69, 9.17) is 9.52 Å². The third kappa shape index (κ3) is 3.01. The van der Waals surface area contributed by atoms with Crippen LogP contribution in [0.25, 0.3) is 0 Å². The molecular weight excluding hydrogens is 266 g/mol. The van der Waals surface area contributed by atoms with Crippen LogP contribution in [0.1, 0.15) is 38.2 Å². The Morgan fingerprint density at radius 1 is 1.47 bits per heavy atom. The normalized spacial score (nSPS) is 16.5. The molecule has 0 radical (unpaired) electrons. The first kappa shape index (κ1) is 14.6. The average Bonchev–Trinajstić information content (AvgIpc) is 3.07. The van der Waals surface area contributed by atoms with E-state index in [1.54, 1.807) is 6.92 Å². The molecule has 0 amide bonds. The van der Waals surface area contributed by atoms with Crippen molar-refractivity contribution in [1.29, 1.82) is 0 Å². The van der Waals surface area contributed by atoms with Crippen molar-refractivity contribution in [1.82, 2.24) is 4.31 Å². The van der Waals surface area contributed by atoms with E-state index < -0.39 is 10.0 Å². The molecule has 0 spiro atoms. The Balaban J connectivity index is 2.34. The Bertz CT molecular complexity index is 543. The maximum Gasteiger partial charge on any atom is 0.246 e. The summed E-state index contributed by atoms with van der Waals surface area (Å²) in [6.07, 6.45) is 2.20. The predicted molar refractivity (Wildman–Crippen MR) is 71.1 cm³/mol. The van der Waals surface area contributed by atoms with Crippen molar-refractivity contribution in [3.8, 4) is 0 Å². The number of aliphatic hydroxyl groups is 1. The lowest BCUT2D eigenvalue weighted by Gasteiger charge is -2.25. The molecule has 2 rings (SSSR count). The molecule has 1 aliphatic carbocycles. The number of rotatable bonds is 6. The topological polar surface area (TPSA) is 70.8 Å². The minimum absolute atomic E-state index is 0.0857. The lowest BCUT2D eigenvalue weighted by atomic mass is 10.3. The lowest BCUT2D eigenvalue weighted by Crippen LogP contribution is -2.38. The van der Waals surface area contributed by atoms with Gasteiger partial charge >= 0.3 is 0 Å². The van der Waals surface area contributed by atoms with Gasteiger partial charge < -0.3 is 9.52 Å². The Hall–Kier alpha value is -0.850. The first-order chi connectivity index (χ1) is 8.86. The van der Waals surface area contributed by atoms with Crippen molar-refractivity contribution in [3.63, 3.8) is 0 Å². The van der Waals surface area contributed by atoms with Crippen LogP contribution in [0.3, 0.4) is 0 Å². The Labute approximate surface area is 114 Å². The zero-order valence-electron chi connectivity index (χ0n) is 11.6. The van der Waals surface area contributed by atoms with Gasteiger partial charge in [-0.25, -0.2) is 8.42 Å². The molecule has 1 aromatic heterocycles. The van der Waals surface area contributed by atoms with E-state index in [-0.39, 0.29) is 23.3 Å². The van der Waals surface area contributed by atoms with Gasteiger partial charge in [-0.3, -0.25) is 0 Å². The van der Waals surface area contributed by atoms with E-state index in [9.17, 15) is 8.42 Å². The number of sulfonamides is 1. The fourth-order valence-corrected chi connectivity index (χ4v) is 4.03. The first-order valence-electron chi connectivity index (χ1n) is 6.58. The molecule has 1 fully saturated rings. The molecule has 19 heavy (non-hydrogen) atoms. The molecular formula is C13H21NO4S. The summed E-state index contributed by atoms with van der Waals surface area (Å²) in [6.45, 7) is 5.64. The number of hydrogen-bond acceptors (Lipinski definition) is 4. The molecule has 5 nitrogen and oxygen atoms in total. The van der Waals surface area contributed by atoms with Gasteiger partial charge in [-0.1, -0.05) is 0 Å². The molecule has 1 N–H and O–H groups in total. The number of furan rings is 1. The van der Waals surface area contributed by atoms with Crippen LogP contribution in [0.4, 0.5) is 0 Å². The van der Waals surface area contributed by atoms with E-state index in [2.05, 4.69) is 0 Å². The number of aryl methyl sites for hydroxylation is 1. The summed E-state index contributed by atoms with van der Waals surface area (Å²) in [7, 11) is -3.55. The van der Waals surface area contributed by atoms with E-state index in [0.29, 0.717) is 18.2 Å². The van der Waals surface area contributed by atoms with Crippen molar-refractivity contribution in [2.75, 3.05) is 6.54 Å². The van der Waals surface area contributed by atoms with Crippen molar-refractivity contribution >= 4 is 10.0 Å². The molecule has 108 valence electrons. The van der Waals surface area contributed by atoms with Crippen LogP contribution in [-0.2, 0) is 16.6 Å². The monoisotopic (exact) mass is 287 g/mol. The van der Waals surface area contributed by atoms with E-state index in [1.807, 2.05) is 13.8 Å². The van der Waals surface area contributed by atoms with Crippen molar-refractivity contribution in [2.45, 2.75) is 51.2 Å². The first-order valence-corrected chi connectivity index (χ1v) is 8.02. The number of nitrogens with zero attached hydrogens (tertiary/aromatic N) is 1. The van der Waals surface area contributed by atoms with Gasteiger partial charge in [0.25, 0.3) is 0 Å². The quantitative estimate of drug-likeness (QED) is 0.867. The largest absolute Gasteiger partial charge is 0.462 e. The van der Waals surface area contributed by atoms with Crippen LogP contribution in [0.2, 0.25) is 0 Å². The fraction of sp³-hybridized carbons (Fsp3) is 0.692. The van der Waals surface area contributed by atoms with E-state index in [1.165, 1.54) is 10.4 Å². The van der Waals surface area contributed by atoms with Gasteiger partial charge in [0.2, 0.25) is 10.0 Å². The maximum atomic E-state index is 12.7. The summed E-state index contributed by atoms with van der Waals surface area (Å²) in [4.78, 5) is 0.172. The van der Waals surface area contributed by atoms with Crippen LogP contribution in [0.5, 0.6) is 0 Å². The molecule has 6 heteroatoms. The second kappa shape index (κ2) is 5.26. The highest BCUT2D eigenvalue weighted by molar-refractivity contribution is 7.89. The van der Waals surface area contributed by atoms with Crippen molar-refractivity contribution in [3.05, 3.63) is 17.6 Å². The second-order valence-corrected chi connectivity index (χ2v) is 7.26. The van der Waals surface area contributed by atoms with Crippen LogP contribution in [0.15, 0.2) is 15.4 Å². The van der Waals surface area contributed by atoms with E-state index in [0.717, 1.165) is 12.8 Å². The minimum atomic E-state index is -3.55. The average molecular weight is 287 g/mol. The SMILES string of the molecule is Cc1oc(CO)cc1S(=O)(=O)N(CC1CC1)C(C)C. The maximum absolute atomic E-state index is 12.7. The minimum Gasteiger partial charge on any atom is -0.462 e. The molecule has 0 aliphatic heterocycles. The molecule has 0 atom stereocenters. The highest BCUT2D eigenvalue weighted by atomic mass is 32.2. The number of hydrogen-bond donors (Lipinski definition) is 1. The molecule has 1 saturated carbocycles. The van der Waals surface area contributed by atoms with Gasteiger partial charge in [-0.05, 0) is 39.5 Å². The fourth-order valence-electron chi connectivity index (χ4n) is 2.13. The molecule has 1 heterocycles. The predicted octanol–water partition coefficient (Wildman–Crippen LogP) is 1.89. The smallest absolute Gasteiger partial charge is 0.246 e. The molecule has 1 aromatic rings.